The van der Waals surface area contributed by atoms with Gasteiger partial charge in [0.1, 0.15) is 0 Å². The monoisotopic (exact) mass is 235 g/mol. The molecule has 1 atom stereocenters. The van der Waals surface area contributed by atoms with Gasteiger partial charge >= 0.3 is 0 Å². The van der Waals surface area contributed by atoms with Crippen molar-refractivity contribution in [1.29, 1.82) is 0 Å². The Kier molecular flexibility index (Phi) is 4.34. The van der Waals surface area contributed by atoms with E-state index in [1.165, 1.54) is 5.69 Å². The van der Waals surface area contributed by atoms with Gasteiger partial charge in [-0.25, -0.2) is 0 Å². The highest BCUT2D eigenvalue weighted by Gasteiger charge is 2.22. The molecule has 0 aromatic carbocycles. The first kappa shape index (κ1) is 12.3. The standard InChI is InChI=1S/C13H21N3O/c1-3-14-9-11-8-12(4-6-15-11)16-7-5-13(10-16)17-2/h4,6,8,13-14H,3,5,7,9-10H2,1-2H3. The van der Waals surface area contributed by atoms with E-state index in [-0.39, 0.29) is 0 Å². The summed E-state index contributed by atoms with van der Waals surface area (Å²) in [6.45, 7) is 5.98. The molecule has 1 N–H and O–H groups in total. The van der Waals surface area contributed by atoms with Gasteiger partial charge in [0.25, 0.3) is 0 Å². The molecule has 1 saturated heterocycles. The number of rotatable bonds is 5. The summed E-state index contributed by atoms with van der Waals surface area (Å²) in [7, 11) is 1.79. The van der Waals surface area contributed by atoms with Gasteiger partial charge in [0.05, 0.1) is 11.8 Å². The van der Waals surface area contributed by atoms with Crippen LogP contribution in [0.2, 0.25) is 0 Å². The van der Waals surface area contributed by atoms with Gasteiger partial charge in [-0.2, -0.15) is 0 Å². The summed E-state index contributed by atoms with van der Waals surface area (Å²) >= 11 is 0. The van der Waals surface area contributed by atoms with E-state index in [4.69, 9.17) is 4.74 Å². The summed E-state index contributed by atoms with van der Waals surface area (Å²) in [5, 5.41) is 3.30. The Morgan fingerprint density at radius 1 is 1.59 bits per heavy atom. The number of ether oxygens (including phenoxy) is 1. The summed E-state index contributed by atoms with van der Waals surface area (Å²) in [6, 6.07) is 4.24. The second kappa shape index (κ2) is 5.98. The molecule has 2 heterocycles. The lowest BCUT2D eigenvalue weighted by Crippen LogP contribution is -2.22. The first-order chi connectivity index (χ1) is 8.33. The molecule has 1 aromatic rings. The van der Waals surface area contributed by atoms with Gasteiger partial charge in [0.2, 0.25) is 0 Å². The van der Waals surface area contributed by atoms with Gasteiger partial charge in [0.15, 0.2) is 0 Å². The summed E-state index contributed by atoms with van der Waals surface area (Å²) in [5.41, 5.74) is 2.36. The summed E-state index contributed by atoms with van der Waals surface area (Å²) in [4.78, 5) is 6.73. The fourth-order valence-corrected chi connectivity index (χ4v) is 2.17. The van der Waals surface area contributed by atoms with Crippen molar-refractivity contribution >= 4 is 5.69 Å². The minimum Gasteiger partial charge on any atom is -0.380 e. The molecule has 1 aliphatic rings. The van der Waals surface area contributed by atoms with Gasteiger partial charge in [-0.05, 0) is 25.1 Å². The topological polar surface area (TPSA) is 37.4 Å². The van der Waals surface area contributed by atoms with Crippen LogP contribution < -0.4 is 10.2 Å². The van der Waals surface area contributed by atoms with E-state index in [0.29, 0.717) is 6.10 Å². The van der Waals surface area contributed by atoms with E-state index in [9.17, 15) is 0 Å². The van der Waals surface area contributed by atoms with Crippen molar-refractivity contribution < 1.29 is 4.74 Å². The quantitative estimate of drug-likeness (QED) is 0.837. The molecule has 0 radical (unpaired) electrons. The zero-order valence-electron chi connectivity index (χ0n) is 10.6. The minimum absolute atomic E-state index is 0.375. The first-order valence-corrected chi connectivity index (χ1v) is 6.27. The number of pyridine rings is 1. The Labute approximate surface area is 103 Å². The Bertz CT molecular complexity index is 356. The van der Waals surface area contributed by atoms with Crippen molar-refractivity contribution in [2.45, 2.75) is 26.0 Å². The number of hydrogen-bond acceptors (Lipinski definition) is 4. The predicted molar refractivity (Wildman–Crippen MR) is 69.2 cm³/mol. The average molecular weight is 235 g/mol. The van der Waals surface area contributed by atoms with Crippen molar-refractivity contribution in [2.24, 2.45) is 0 Å². The second-order valence-electron chi connectivity index (χ2n) is 4.38. The molecular weight excluding hydrogens is 214 g/mol. The number of nitrogens with one attached hydrogen (secondary N) is 1. The lowest BCUT2D eigenvalue weighted by atomic mass is 10.3. The molecule has 94 valence electrons. The Balaban J connectivity index is 2.01. The fourth-order valence-electron chi connectivity index (χ4n) is 2.17. The van der Waals surface area contributed by atoms with Crippen molar-refractivity contribution in [2.75, 3.05) is 31.6 Å². The lowest BCUT2D eigenvalue weighted by molar-refractivity contribution is 0.121. The zero-order valence-corrected chi connectivity index (χ0v) is 10.6. The third-order valence-corrected chi connectivity index (χ3v) is 3.20. The first-order valence-electron chi connectivity index (χ1n) is 6.27. The third kappa shape index (κ3) is 3.17. The molecule has 1 aromatic heterocycles. The van der Waals surface area contributed by atoms with E-state index in [0.717, 1.165) is 38.3 Å². The molecule has 4 heteroatoms. The van der Waals surface area contributed by atoms with Crippen LogP contribution in [0.25, 0.3) is 0 Å². The number of hydrogen-bond donors (Lipinski definition) is 1. The van der Waals surface area contributed by atoms with Gasteiger partial charge in [-0.1, -0.05) is 6.92 Å². The molecule has 2 rings (SSSR count). The van der Waals surface area contributed by atoms with Crippen LogP contribution in [0.1, 0.15) is 19.0 Å². The van der Waals surface area contributed by atoms with Gasteiger partial charge in [0, 0.05) is 38.6 Å². The smallest absolute Gasteiger partial charge is 0.0762 e. The molecule has 1 unspecified atom stereocenters. The van der Waals surface area contributed by atoms with Gasteiger partial charge in [-0.3, -0.25) is 4.98 Å². The van der Waals surface area contributed by atoms with Crippen LogP contribution in [0, 0.1) is 0 Å². The maximum atomic E-state index is 5.39. The van der Waals surface area contributed by atoms with E-state index in [1.54, 1.807) is 7.11 Å². The van der Waals surface area contributed by atoms with E-state index in [1.807, 2.05) is 6.20 Å². The molecule has 17 heavy (non-hydrogen) atoms. The fraction of sp³-hybridized carbons (Fsp3) is 0.615. The normalized spacial score (nSPS) is 19.9. The number of nitrogens with zero attached hydrogens (tertiary/aromatic N) is 2. The van der Waals surface area contributed by atoms with Crippen LogP contribution in [0.4, 0.5) is 5.69 Å². The Morgan fingerprint density at radius 3 is 3.18 bits per heavy atom. The largest absolute Gasteiger partial charge is 0.380 e. The molecule has 0 saturated carbocycles. The van der Waals surface area contributed by atoms with Crippen LogP contribution in [0.15, 0.2) is 18.3 Å². The van der Waals surface area contributed by atoms with Crippen LogP contribution in [0.5, 0.6) is 0 Å². The maximum absolute atomic E-state index is 5.39. The molecule has 1 fully saturated rings. The van der Waals surface area contributed by atoms with E-state index >= 15 is 0 Å². The van der Waals surface area contributed by atoms with Crippen molar-refractivity contribution in [3.63, 3.8) is 0 Å². The van der Waals surface area contributed by atoms with Crippen LogP contribution >= 0.6 is 0 Å². The molecule has 0 spiro atoms. The van der Waals surface area contributed by atoms with Crippen molar-refractivity contribution in [3.05, 3.63) is 24.0 Å². The molecule has 1 aliphatic heterocycles. The van der Waals surface area contributed by atoms with Gasteiger partial charge in [-0.15, -0.1) is 0 Å². The highest BCUT2D eigenvalue weighted by Crippen LogP contribution is 2.21. The number of methoxy groups -OCH3 is 1. The highest BCUT2D eigenvalue weighted by molar-refractivity contribution is 5.47. The second-order valence-corrected chi connectivity index (χ2v) is 4.38. The maximum Gasteiger partial charge on any atom is 0.0762 e. The molecule has 4 nitrogen and oxygen atoms in total. The Morgan fingerprint density at radius 2 is 2.47 bits per heavy atom. The zero-order chi connectivity index (χ0) is 12.1. The van der Waals surface area contributed by atoms with E-state index < -0.39 is 0 Å². The lowest BCUT2D eigenvalue weighted by Gasteiger charge is -2.18. The van der Waals surface area contributed by atoms with Crippen molar-refractivity contribution in [3.8, 4) is 0 Å². The van der Waals surface area contributed by atoms with Crippen LogP contribution in [0.3, 0.4) is 0 Å². The van der Waals surface area contributed by atoms with E-state index in [2.05, 4.69) is 34.3 Å². The SMILES string of the molecule is CCNCc1cc(N2CCC(OC)C2)ccn1. The Hall–Kier alpha value is -1.13. The van der Waals surface area contributed by atoms with Crippen LogP contribution in [-0.4, -0.2) is 37.8 Å². The predicted octanol–water partition coefficient (Wildman–Crippen LogP) is 1.42. The average Bonchev–Trinajstić information content (AvgIpc) is 2.85. The molecule has 0 amide bonds. The minimum atomic E-state index is 0.375. The molecule has 0 bridgehead atoms. The third-order valence-electron chi connectivity index (χ3n) is 3.20. The molecular formula is C13H21N3O. The summed E-state index contributed by atoms with van der Waals surface area (Å²) in [6.07, 6.45) is 3.38. The molecule has 0 aliphatic carbocycles. The summed E-state index contributed by atoms with van der Waals surface area (Å²) in [5.74, 6) is 0. The highest BCUT2D eigenvalue weighted by atomic mass is 16.5. The van der Waals surface area contributed by atoms with Gasteiger partial charge < -0.3 is 15.0 Å². The number of anilines is 1. The number of aromatic nitrogens is 1. The van der Waals surface area contributed by atoms with Crippen molar-refractivity contribution in [1.82, 2.24) is 10.3 Å². The summed E-state index contributed by atoms with van der Waals surface area (Å²) < 4.78 is 5.39. The van der Waals surface area contributed by atoms with Crippen LogP contribution in [-0.2, 0) is 11.3 Å².